The van der Waals surface area contributed by atoms with Crippen LogP contribution in [0.2, 0.25) is 0 Å². The van der Waals surface area contributed by atoms with Crippen molar-refractivity contribution < 1.29 is 9.59 Å². The molecule has 0 heterocycles. The van der Waals surface area contributed by atoms with Crippen LogP contribution in [-0.4, -0.2) is 23.9 Å². The van der Waals surface area contributed by atoms with E-state index in [2.05, 4.69) is 24.5 Å². The Kier molecular flexibility index (Phi) is 22.2. The van der Waals surface area contributed by atoms with Gasteiger partial charge in [0.1, 0.15) is 0 Å². The molecule has 0 radical (unpaired) electrons. The Balaban J connectivity index is 1.91. The van der Waals surface area contributed by atoms with Crippen LogP contribution in [-0.2, 0) is 9.59 Å². The molecule has 0 bridgehead atoms. The first-order chi connectivity index (χ1) is 17.7. The third-order valence-corrected chi connectivity index (χ3v) is 7.93. The van der Waals surface area contributed by atoms with Gasteiger partial charge in [-0.3, -0.25) is 9.59 Å². The Morgan fingerprint density at radius 1 is 0.472 bits per heavy atom. The molecule has 36 heavy (non-hydrogen) atoms. The van der Waals surface area contributed by atoms with E-state index in [0.717, 1.165) is 32.1 Å². The second kappa shape index (κ2) is 24.3. The van der Waals surface area contributed by atoms with Gasteiger partial charge in [-0.05, 0) is 32.1 Å². The molecule has 0 aliphatic heterocycles. The van der Waals surface area contributed by atoms with Crippen LogP contribution in [0.4, 0.5) is 0 Å². The third kappa shape index (κ3) is 20.0. The van der Waals surface area contributed by atoms with Gasteiger partial charge in [0.15, 0.2) is 0 Å². The van der Waals surface area contributed by atoms with E-state index in [1.54, 1.807) is 0 Å². The monoisotopic (exact) mass is 506 g/mol. The van der Waals surface area contributed by atoms with Gasteiger partial charge in [-0.15, -0.1) is 0 Å². The predicted octanol–water partition coefficient (Wildman–Crippen LogP) is 9.15. The molecule has 2 atom stereocenters. The molecule has 4 heteroatoms. The standard InChI is InChI=1S/C32H62N2O2/c1-3-5-7-9-11-13-15-17-19-21-23-25-32(36)34-30-27-26-29(28-30)33-31(35)24-22-20-18-16-14-12-10-8-6-4-2/h29-30H,3-28H2,1-2H3,(H,33,35)(H,34,36). The Hall–Kier alpha value is -1.06. The highest BCUT2D eigenvalue weighted by molar-refractivity contribution is 5.77. The van der Waals surface area contributed by atoms with E-state index in [1.807, 2.05) is 0 Å². The van der Waals surface area contributed by atoms with Crippen molar-refractivity contribution in [2.45, 2.75) is 193 Å². The van der Waals surface area contributed by atoms with Gasteiger partial charge in [-0.2, -0.15) is 0 Å². The molecule has 0 aromatic rings. The molecule has 2 unspecified atom stereocenters. The Labute approximate surface area is 224 Å². The van der Waals surface area contributed by atoms with Crippen molar-refractivity contribution in [3.8, 4) is 0 Å². The maximum Gasteiger partial charge on any atom is 0.220 e. The summed E-state index contributed by atoms with van der Waals surface area (Å²) in [5.41, 5.74) is 0. The smallest absolute Gasteiger partial charge is 0.220 e. The highest BCUT2D eigenvalue weighted by Gasteiger charge is 2.26. The summed E-state index contributed by atoms with van der Waals surface area (Å²) >= 11 is 0. The molecule has 0 aromatic carbocycles. The lowest BCUT2D eigenvalue weighted by molar-refractivity contribution is -0.122. The summed E-state index contributed by atoms with van der Waals surface area (Å²) in [4.78, 5) is 24.6. The summed E-state index contributed by atoms with van der Waals surface area (Å²) < 4.78 is 0. The highest BCUT2D eigenvalue weighted by atomic mass is 16.2. The van der Waals surface area contributed by atoms with Gasteiger partial charge in [-0.25, -0.2) is 0 Å². The molecule has 1 rings (SSSR count). The Bertz CT molecular complexity index is 522. The number of carbonyl (C=O) groups excluding carboxylic acids is 2. The predicted molar refractivity (Wildman–Crippen MR) is 155 cm³/mol. The Morgan fingerprint density at radius 2 is 0.750 bits per heavy atom. The summed E-state index contributed by atoms with van der Waals surface area (Å²) in [5, 5.41) is 6.43. The van der Waals surface area contributed by atoms with Crippen LogP contribution in [0.3, 0.4) is 0 Å². The van der Waals surface area contributed by atoms with E-state index in [-0.39, 0.29) is 23.9 Å². The first kappa shape index (κ1) is 33.0. The quantitative estimate of drug-likeness (QED) is 0.121. The van der Waals surface area contributed by atoms with Crippen molar-refractivity contribution >= 4 is 11.8 Å². The third-order valence-electron chi connectivity index (χ3n) is 7.93. The van der Waals surface area contributed by atoms with Crippen molar-refractivity contribution in [1.82, 2.24) is 10.6 Å². The molecule has 1 fully saturated rings. The van der Waals surface area contributed by atoms with E-state index in [9.17, 15) is 9.59 Å². The van der Waals surface area contributed by atoms with Gasteiger partial charge in [0.2, 0.25) is 11.8 Å². The number of hydrogen-bond donors (Lipinski definition) is 2. The van der Waals surface area contributed by atoms with Crippen molar-refractivity contribution in [2.75, 3.05) is 0 Å². The lowest BCUT2D eigenvalue weighted by atomic mass is 10.1. The lowest BCUT2D eigenvalue weighted by Gasteiger charge is -2.15. The van der Waals surface area contributed by atoms with Crippen molar-refractivity contribution in [3.63, 3.8) is 0 Å². The van der Waals surface area contributed by atoms with E-state index in [0.29, 0.717) is 12.8 Å². The SMILES string of the molecule is CCCCCCCCCCCCCC(=O)NC1CCC(NC(=O)CCCCCCCCCCCC)C1. The number of nitrogens with one attached hydrogen (secondary N) is 2. The van der Waals surface area contributed by atoms with Crippen LogP contribution >= 0.6 is 0 Å². The molecule has 0 spiro atoms. The number of amides is 2. The fourth-order valence-corrected chi connectivity index (χ4v) is 5.57. The summed E-state index contributed by atoms with van der Waals surface area (Å²) in [7, 11) is 0. The topological polar surface area (TPSA) is 58.2 Å². The van der Waals surface area contributed by atoms with Crippen LogP contribution in [0.1, 0.15) is 181 Å². The molecule has 1 saturated carbocycles. The summed E-state index contributed by atoms with van der Waals surface area (Å²) in [6, 6.07) is 0.487. The van der Waals surface area contributed by atoms with Crippen LogP contribution in [0.5, 0.6) is 0 Å². The molecule has 2 N–H and O–H groups in total. The summed E-state index contributed by atoms with van der Waals surface area (Å²) in [6.45, 7) is 4.53. The van der Waals surface area contributed by atoms with Crippen molar-refractivity contribution in [1.29, 1.82) is 0 Å². The number of hydrogen-bond acceptors (Lipinski definition) is 2. The Morgan fingerprint density at radius 3 is 1.06 bits per heavy atom. The van der Waals surface area contributed by atoms with E-state index in [1.165, 1.54) is 122 Å². The van der Waals surface area contributed by atoms with Gasteiger partial charge in [0.05, 0.1) is 0 Å². The molecule has 212 valence electrons. The maximum absolute atomic E-state index is 12.3. The maximum atomic E-state index is 12.3. The van der Waals surface area contributed by atoms with Crippen LogP contribution in [0.15, 0.2) is 0 Å². The first-order valence-corrected chi connectivity index (χ1v) is 16.2. The fraction of sp³-hybridized carbons (Fsp3) is 0.938. The zero-order valence-corrected chi connectivity index (χ0v) is 24.4. The van der Waals surface area contributed by atoms with E-state index in [4.69, 9.17) is 0 Å². The van der Waals surface area contributed by atoms with Crippen LogP contribution in [0.25, 0.3) is 0 Å². The molecule has 2 amide bonds. The fourth-order valence-electron chi connectivity index (χ4n) is 5.57. The van der Waals surface area contributed by atoms with Gasteiger partial charge < -0.3 is 10.6 Å². The first-order valence-electron chi connectivity index (χ1n) is 16.2. The van der Waals surface area contributed by atoms with Crippen molar-refractivity contribution in [2.24, 2.45) is 0 Å². The highest BCUT2D eigenvalue weighted by Crippen LogP contribution is 2.20. The average molecular weight is 507 g/mol. The minimum Gasteiger partial charge on any atom is -0.353 e. The minimum atomic E-state index is 0.201. The number of rotatable bonds is 25. The largest absolute Gasteiger partial charge is 0.353 e. The number of carbonyl (C=O) groups is 2. The molecule has 0 saturated heterocycles. The van der Waals surface area contributed by atoms with Crippen molar-refractivity contribution in [3.05, 3.63) is 0 Å². The summed E-state index contributed by atoms with van der Waals surface area (Å²) in [6.07, 6.45) is 31.6. The normalized spacial score (nSPS) is 17.4. The molecule has 1 aliphatic carbocycles. The lowest BCUT2D eigenvalue weighted by Crippen LogP contribution is -2.37. The molecular weight excluding hydrogens is 444 g/mol. The van der Waals surface area contributed by atoms with Gasteiger partial charge >= 0.3 is 0 Å². The molecule has 1 aliphatic rings. The number of unbranched alkanes of at least 4 members (excludes halogenated alkanes) is 19. The second-order valence-corrected chi connectivity index (χ2v) is 11.6. The second-order valence-electron chi connectivity index (χ2n) is 11.6. The zero-order valence-electron chi connectivity index (χ0n) is 24.4. The van der Waals surface area contributed by atoms with E-state index < -0.39 is 0 Å². The zero-order chi connectivity index (χ0) is 26.1. The molecule has 0 aromatic heterocycles. The molecule has 4 nitrogen and oxygen atoms in total. The van der Waals surface area contributed by atoms with E-state index >= 15 is 0 Å². The minimum absolute atomic E-state index is 0.201. The van der Waals surface area contributed by atoms with Crippen LogP contribution in [0, 0.1) is 0 Å². The van der Waals surface area contributed by atoms with Gasteiger partial charge in [-0.1, -0.05) is 136 Å². The van der Waals surface area contributed by atoms with Gasteiger partial charge in [0.25, 0.3) is 0 Å². The van der Waals surface area contributed by atoms with Gasteiger partial charge in [0, 0.05) is 24.9 Å². The summed E-state index contributed by atoms with van der Waals surface area (Å²) in [5.74, 6) is 0.403. The van der Waals surface area contributed by atoms with Crippen LogP contribution < -0.4 is 10.6 Å². The molecular formula is C32H62N2O2. The average Bonchev–Trinajstić information content (AvgIpc) is 3.30.